The van der Waals surface area contributed by atoms with Crippen molar-refractivity contribution >= 4 is 11.9 Å². The van der Waals surface area contributed by atoms with Gasteiger partial charge in [0.05, 0.1) is 18.8 Å². The molecule has 0 N–H and O–H groups in total. The van der Waals surface area contributed by atoms with Crippen molar-refractivity contribution in [1.82, 2.24) is 19.8 Å². The van der Waals surface area contributed by atoms with Crippen molar-refractivity contribution in [3.05, 3.63) is 18.0 Å². The zero-order valence-corrected chi connectivity index (χ0v) is 16.4. The number of nitrogens with zero attached hydrogens (tertiary/aromatic N) is 5. The highest BCUT2D eigenvalue weighted by molar-refractivity contribution is 5.78. The molecule has 0 aliphatic carbocycles. The van der Waals surface area contributed by atoms with E-state index in [1.165, 1.54) is 0 Å². The van der Waals surface area contributed by atoms with E-state index in [2.05, 4.69) is 26.8 Å². The molecule has 2 unspecified atom stereocenters. The van der Waals surface area contributed by atoms with E-state index in [1.54, 1.807) is 0 Å². The Labute approximate surface area is 156 Å². The molecule has 0 aromatic carbocycles. The summed E-state index contributed by atoms with van der Waals surface area (Å²) in [5.41, 5.74) is 1.07. The highest BCUT2D eigenvalue weighted by atomic mass is 16.5. The zero-order chi connectivity index (χ0) is 18.7. The van der Waals surface area contributed by atoms with E-state index in [0.717, 1.165) is 37.4 Å². The van der Waals surface area contributed by atoms with Crippen LogP contribution in [-0.4, -0.2) is 83.7 Å². The van der Waals surface area contributed by atoms with Crippen molar-refractivity contribution in [1.29, 1.82) is 0 Å². The quantitative estimate of drug-likeness (QED) is 0.806. The number of morpholine rings is 1. The van der Waals surface area contributed by atoms with Gasteiger partial charge in [0.15, 0.2) is 0 Å². The molecule has 1 aromatic rings. The molecule has 0 spiro atoms. The van der Waals surface area contributed by atoms with Crippen LogP contribution in [0.2, 0.25) is 0 Å². The van der Waals surface area contributed by atoms with Crippen molar-refractivity contribution in [2.45, 2.75) is 51.9 Å². The summed E-state index contributed by atoms with van der Waals surface area (Å²) < 4.78 is 5.72. The molecule has 1 aromatic heterocycles. The summed E-state index contributed by atoms with van der Waals surface area (Å²) in [5.74, 6) is 1.00. The normalized spacial score (nSPS) is 25.3. The number of amides is 1. The molecule has 0 saturated carbocycles. The van der Waals surface area contributed by atoms with Gasteiger partial charge in [-0.05, 0) is 39.2 Å². The van der Waals surface area contributed by atoms with Gasteiger partial charge in [-0.1, -0.05) is 0 Å². The van der Waals surface area contributed by atoms with E-state index < -0.39 is 0 Å². The first kappa shape index (κ1) is 19.0. The number of anilines is 1. The molecule has 3 rings (SSSR count). The lowest BCUT2D eigenvalue weighted by Crippen LogP contribution is -2.52. The minimum absolute atomic E-state index is 0.122. The summed E-state index contributed by atoms with van der Waals surface area (Å²) in [6.07, 6.45) is 6.01. The fourth-order valence-electron chi connectivity index (χ4n) is 3.87. The van der Waals surface area contributed by atoms with Gasteiger partial charge in [0.1, 0.15) is 0 Å². The van der Waals surface area contributed by atoms with Crippen molar-refractivity contribution < 1.29 is 9.53 Å². The second kappa shape index (κ2) is 8.31. The van der Waals surface area contributed by atoms with E-state index in [1.807, 2.05) is 38.1 Å². The van der Waals surface area contributed by atoms with Crippen LogP contribution in [0.5, 0.6) is 0 Å². The Bertz CT molecular complexity index is 590. The molecule has 144 valence electrons. The van der Waals surface area contributed by atoms with Crippen LogP contribution in [0, 0.1) is 6.92 Å². The molecule has 2 aliphatic heterocycles. The van der Waals surface area contributed by atoms with E-state index >= 15 is 0 Å². The fraction of sp³-hybridized carbons (Fsp3) is 0.737. The molecule has 26 heavy (non-hydrogen) atoms. The Morgan fingerprint density at radius 2 is 1.77 bits per heavy atom. The van der Waals surface area contributed by atoms with Crippen LogP contribution in [0.4, 0.5) is 5.95 Å². The molecule has 3 heterocycles. The third kappa shape index (κ3) is 4.71. The molecule has 0 bridgehead atoms. The van der Waals surface area contributed by atoms with Gasteiger partial charge in [0, 0.05) is 51.7 Å². The number of carbonyl (C=O) groups excluding carboxylic acids is 1. The molecule has 2 aliphatic rings. The van der Waals surface area contributed by atoms with Gasteiger partial charge in [0.25, 0.3) is 0 Å². The second-order valence-corrected chi connectivity index (χ2v) is 7.73. The number of hydrogen-bond acceptors (Lipinski definition) is 6. The molecular weight excluding hydrogens is 330 g/mol. The van der Waals surface area contributed by atoms with Gasteiger partial charge in [-0.3, -0.25) is 9.69 Å². The van der Waals surface area contributed by atoms with Crippen LogP contribution >= 0.6 is 0 Å². The number of aromatic nitrogens is 2. The summed E-state index contributed by atoms with van der Waals surface area (Å²) >= 11 is 0. The van der Waals surface area contributed by atoms with Gasteiger partial charge in [-0.2, -0.15) is 0 Å². The Hall–Kier alpha value is -1.73. The maximum Gasteiger partial charge on any atom is 0.236 e. The van der Waals surface area contributed by atoms with E-state index in [9.17, 15) is 4.79 Å². The second-order valence-electron chi connectivity index (χ2n) is 7.73. The molecule has 0 radical (unpaired) electrons. The van der Waals surface area contributed by atoms with Gasteiger partial charge in [0.2, 0.25) is 11.9 Å². The Kier molecular flexibility index (Phi) is 6.09. The first-order valence-corrected chi connectivity index (χ1v) is 9.59. The molecule has 1 amide bonds. The zero-order valence-electron chi connectivity index (χ0n) is 16.4. The van der Waals surface area contributed by atoms with Crippen molar-refractivity contribution in [2.24, 2.45) is 0 Å². The molecule has 7 heteroatoms. The van der Waals surface area contributed by atoms with Crippen molar-refractivity contribution in [3.63, 3.8) is 0 Å². The Morgan fingerprint density at radius 1 is 1.19 bits per heavy atom. The lowest BCUT2D eigenvalue weighted by molar-refractivity contribution is -0.144. The van der Waals surface area contributed by atoms with E-state index in [0.29, 0.717) is 25.7 Å². The average Bonchev–Trinajstić information content (AvgIpc) is 2.61. The number of rotatable bonds is 4. The summed E-state index contributed by atoms with van der Waals surface area (Å²) in [4.78, 5) is 27.9. The largest absolute Gasteiger partial charge is 0.372 e. The van der Waals surface area contributed by atoms with Gasteiger partial charge in [-0.25, -0.2) is 9.97 Å². The molecular formula is C19H31N5O2. The summed E-state index contributed by atoms with van der Waals surface area (Å²) in [6.45, 7) is 9.84. The first-order valence-electron chi connectivity index (χ1n) is 9.59. The van der Waals surface area contributed by atoms with Gasteiger partial charge in [-0.15, -0.1) is 0 Å². The average molecular weight is 361 g/mol. The fourth-order valence-corrected chi connectivity index (χ4v) is 3.87. The smallest absolute Gasteiger partial charge is 0.236 e. The maximum atomic E-state index is 12.6. The Balaban J connectivity index is 1.47. The van der Waals surface area contributed by atoms with Gasteiger partial charge < -0.3 is 14.5 Å². The number of hydrogen-bond donors (Lipinski definition) is 0. The molecule has 2 fully saturated rings. The van der Waals surface area contributed by atoms with Crippen LogP contribution in [0.3, 0.4) is 0 Å². The minimum Gasteiger partial charge on any atom is -0.372 e. The van der Waals surface area contributed by atoms with E-state index in [4.69, 9.17) is 4.74 Å². The third-order valence-corrected chi connectivity index (χ3v) is 5.32. The number of ether oxygens (including phenoxy) is 1. The monoisotopic (exact) mass is 361 g/mol. The number of carbonyl (C=O) groups is 1. The number of piperidine rings is 1. The molecule has 7 nitrogen and oxygen atoms in total. The number of aryl methyl sites for hydroxylation is 1. The minimum atomic E-state index is 0.122. The Morgan fingerprint density at radius 3 is 2.35 bits per heavy atom. The number of likely N-dealkylation sites (tertiary alicyclic amines) is 1. The van der Waals surface area contributed by atoms with Crippen molar-refractivity contribution in [2.75, 3.05) is 44.7 Å². The van der Waals surface area contributed by atoms with Crippen molar-refractivity contribution in [3.8, 4) is 0 Å². The molecule has 2 saturated heterocycles. The van der Waals surface area contributed by atoms with Crippen LogP contribution < -0.4 is 4.90 Å². The van der Waals surface area contributed by atoms with Crippen LogP contribution in [0.1, 0.15) is 32.3 Å². The standard InChI is InChI=1S/C19H31N5O2/c1-14-9-20-19(21-10-14)22(4)17-5-7-23(8-6-17)13-18(25)24-11-15(2)26-16(3)12-24/h9-10,15-17H,5-8,11-13H2,1-4H3. The highest BCUT2D eigenvalue weighted by Crippen LogP contribution is 2.19. The summed E-state index contributed by atoms with van der Waals surface area (Å²) in [6, 6.07) is 0.424. The summed E-state index contributed by atoms with van der Waals surface area (Å²) in [7, 11) is 2.06. The lowest BCUT2D eigenvalue weighted by Gasteiger charge is -2.39. The SMILES string of the molecule is Cc1cnc(N(C)C2CCN(CC(=O)N3CC(C)OC(C)C3)CC2)nc1. The maximum absolute atomic E-state index is 12.6. The predicted octanol–water partition coefficient (Wildman–Crippen LogP) is 1.32. The van der Waals surface area contributed by atoms with Crippen LogP contribution in [-0.2, 0) is 9.53 Å². The van der Waals surface area contributed by atoms with Gasteiger partial charge >= 0.3 is 0 Å². The first-order chi connectivity index (χ1) is 12.4. The molecule has 2 atom stereocenters. The van der Waals surface area contributed by atoms with Crippen LogP contribution in [0.25, 0.3) is 0 Å². The topological polar surface area (TPSA) is 61.8 Å². The predicted molar refractivity (Wildman–Crippen MR) is 101 cm³/mol. The summed E-state index contributed by atoms with van der Waals surface area (Å²) in [5, 5.41) is 0. The third-order valence-electron chi connectivity index (χ3n) is 5.32. The van der Waals surface area contributed by atoms with E-state index in [-0.39, 0.29) is 18.1 Å². The highest BCUT2D eigenvalue weighted by Gasteiger charge is 2.29. The lowest BCUT2D eigenvalue weighted by atomic mass is 10.0. The van der Waals surface area contributed by atoms with Crippen LogP contribution in [0.15, 0.2) is 12.4 Å².